The van der Waals surface area contributed by atoms with Crippen molar-refractivity contribution in [1.29, 1.82) is 0 Å². The van der Waals surface area contributed by atoms with Gasteiger partial charge in [-0.15, -0.1) is 11.8 Å². The highest BCUT2D eigenvalue weighted by Crippen LogP contribution is 2.24. The zero-order valence-corrected chi connectivity index (χ0v) is 12.4. The highest BCUT2D eigenvalue weighted by atomic mass is 32.2. The second kappa shape index (κ2) is 5.33. The molecule has 18 heavy (non-hydrogen) atoms. The zero-order chi connectivity index (χ0) is 14.0. The van der Waals surface area contributed by atoms with Gasteiger partial charge in [0.25, 0.3) is 5.91 Å². The van der Waals surface area contributed by atoms with Crippen molar-refractivity contribution in [2.75, 3.05) is 6.26 Å². The predicted molar refractivity (Wildman–Crippen MR) is 76.1 cm³/mol. The first-order valence-corrected chi connectivity index (χ1v) is 7.09. The number of thioether (sulfide) groups is 1. The summed E-state index contributed by atoms with van der Waals surface area (Å²) in [6.07, 6.45) is 1.94. The van der Waals surface area contributed by atoms with E-state index in [2.05, 4.69) is 5.32 Å². The first-order chi connectivity index (χ1) is 8.19. The topological polar surface area (TPSA) is 49.3 Å². The molecule has 100 valence electrons. The Morgan fingerprint density at radius 3 is 2.28 bits per heavy atom. The van der Waals surface area contributed by atoms with Gasteiger partial charge >= 0.3 is 0 Å². The standard InChI is InChI=1S/C14H21NO2S/c1-13(2,14(3,4)17)15-12(16)10-8-6-7-9-11(10)18-5/h6-9,17H,1-5H3,(H,15,16). The molecule has 0 unspecified atom stereocenters. The van der Waals surface area contributed by atoms with Crippen molar-refractivity contribution in [2.45, 2.75) is 43.7 Å². The Balaban J connectivity index is 2.96. The van der Waals surface area contributed by atoms with Gasteiger partial charge in [0.2, 0.25) is 0 Å². The van der Waals surface area contributed by atoms with Crippen LogP contribution in [0.1, 0.15) is 38.1 Å². The van der Waals surface area contributed by atoms with Crippen LogP contribution in [0.2, 0.25) is 0 Å². The van der Waals surface area contributed by atoms with E-state index in [1.165, 1.54) is 11.8 Å². The van der Waals surface area contributed by atoms with Gasteiger partial charge in [0.15, 0.2) is 0 Å². The summed E-state index contributed by atoms with van der Waals surface area (Å²) in [5, 5.41) is 12.9. The largest absolute Gasteiger partial charge is 0.388 e. The quantitative estimate of drug-likeness (QED) is 0.825. The molecule has 0 bridgehead atoms. The number of hydrogen-bond acceptors (Lipinski definition) is 3. The summed E-state index contributed by atoms with van der Waals surface area (Å²) in [4.78, 5) is 13.2. The van der Waals surface area contributed by atoms with Crippen LogP contribution in [-0.4, -0.2) is 28.4 Å². The van der Waals surface area contributed by atoms with Gasteiger partial charge in [0.1, 0.15) is 0 Å². The second-order valence-corrected chi connectivity index (χ2v) is 6.19. The summed E-state index contributed by atoms with van der Waals surface area (Å²) in [7, 11) is 0. The Morgan fingerprint density at radius 2 is 1.78 bits per heavy atom. The van der Waals surface area contributed by atoms with E-state index in [9.17, 15) is 9.90 Å². The van der Waals surface area contributed by atoms with Crippen LogP contribution in [0.15, 0.2) is 29.2 Å². The molecule has 3 nitrogen and oxygen atoms in total. The SMILES string of the molecule is CSc1ccccc1C(=O)NC(C)(C)C(C)(C)O. The molecule has 0 heterocycles. The number of amides is 1. The number of aliphatic hydroxyl groups is 1. The summed E-state index contributed by atoms with van der Waals surface area (Å²) in [5.41, 5.74) is -1.05. The fourth-order valence-electron chi connectivity index (χ4n) is 1.34. The van der Waals surface area contributed by atoms with Gasteiger partial charge in [-0.2, -0.15) is 0 Å². The van der Waals surface area contributed by atoms with Crippen LogP contribution in [0.25, 0.3) is 0 Å². The summed E-state index contributed by atoms with van der Waals surface area (Å²) in [6.45, 7) is 7.00. The minimum Gasteiger partial charge on any atom is -0.388 e. The van der Waals surface area contributed by atoms with E-state index >= 15 is 0 Å². The molecule has 0 radical (unpaired) electrons. The van der Waals surface area contributed by atoms with E-state index < -0.39 is 11.1 Å². The fraction of sp³-hybridized carbons (Fsp3) is 0.500. The molecular weight excluding hydrogens is 246 g/mol. The van der Waals surface area contributed by atoms with E-state index in [0.717, 1.165) is 4.90 Å². The molecule has 0 saturated heterocycles. The molecule has 0 aromatic heterocycles. The third kappa shape index (κ3) is 3.27. The second-order valence-electron chi connectivity index (χ2n) is 5.34. The molecule has 0 saturated carbocycles. The molecule has 0 spiro atoms. The smallest absolute Gasteiger partial charge is 0.252 e. The van der Waals surface area contributed by atoms with Crippen LogP contribution < -0.4 is 5.32 Å². The zero-order valence-electron chi connectivity index (χ0n) is 11.6. The highest BCUT2D eigenvalue weighted by Gasteiger charge is 2.36. The number of nitrogens with one attached hydrogen (secondary N) is 1. The monoisotopic (exact) mass is 267 g/mol. The average molecular weight is 267 g/mol. The lowest BCUT2D eigenvalue weighted by Crippen LogP contribution is -2.57. The Labute approximate surface area is 113 Å². The summed E-state index contributed by atoms with van der Waals surface area (Å²) in [6, 6.07) is 7.45. The third-order valence-electron chi connectivity index (χ3n) is 3.31. The van der Waals surface area contributed by atoms with Crippen LogP contribution in [0, 0.1) is 0 Å². The first-order valence-electron chi connectivity index (χ1n) is 5.87. The van der Waals surface area contributed by atoms with E-state index in [4.69, 9.17) is 0 Å². The number of carbonyl (C=O) groups is 1. The van der Waals surface area contributed by atoms with Crippen molar-refractivity contribution in [3.63, 3.8) is 0 Å². The van der Waals surface area contributed by atoms with Gasteiger partial charge in [0, 0.05) is 4.90 Å². The van der Waals surface area contributed by atoms with Crippen molar-refractivity contribution in [3.8, 4) is 0 Å². The highest BCUT2D eigenvalue weighted by molar-refractivity contribution is 7.98. The molecule has 0 aliphatic rings. The Bertz CT molecular complexity index is 436. The lowest BCUT2D eigenvalue weighted by Gasteiger charge is -2.38. The van der Waals surface area contributed by atoms with Gasteiger partial charge in [-0.25, -0.2) is 0 Å². The van der Waals surface area contributed by atoms with Crippen molar-refractivity contribution in [2.24, 2.45) is 0 Å². The lowest BCUT2D eigenvalue weighted by atomic mass is 9.86. The maximum Gasteiger partial charge on any atom is 0.252 e. The minimum absolute atomic E-state index is 0.160. The maximum absolute atomic E-state index is 12.3. The van der Waals surface area contributed by atoms with E-state index in [-0.39, 0.29) is 5.91 Å². The number of carbonyl (C=O) groups excluding carboxylic acids is 1. The summed E-state index contributed by atoms with van der Waals surface area (Å²) < 4.78 is 0. The normalized spacial score (nSPS) is 12.3. The van der Waals surface area contributed by atoms with Crippen molar-refractivity contribution >= 4 is 17.7 Å². The van der Waals surface area contributed by atoms with Gasteiger partial charge < -0.3 is 10.4 Å². The summed E-state index contributed by atoms with van der Waals surface area (Å²) >= 11 is 1.53. The van der Waals surface area contributed by atoms with Crippen LogP contribution >= 0.6 is 11.8 Å². The fourth-order valence-corrected chi connectivity index (χ4v) is 1.93. The summed E-state index contributed by atoms with van der Waals surface area (Å²) in [5.74, 6) is -0.160. The predicted octanol–water partition coefficient (Wildman–Crippen LogP) is 2.69. The molecule has 0 atom stereocenters. The first kappa shape index (κ1) is 15.1. The molecule has 1 rings (SSSR count). The van der Waals surface area contributed by atoms with Crippen molar-refractivity contribution < 1.29 is 9.90 Å². The van der Waals surface area contributed by atoms with Crippen LogP contribution in [0.4, 0.5) is 0 Å². The molecule has 2 N–H and O–H groups in total. The molecule has 1 amide bonds. The van der Waals surface area contributed by atoms with Crippen LogP contribution in [-0.2, 0) is 0 Å². The van der Waals surface area contributed by atoms with E-state index in [1.807, 2.05) is 38.3 Å². The number of hydrogen-bond donors (Lipinski definition) is 2. The Kier molecular flexibility index (Phi) is 4.46. The third-order valence-corrected chi connectivity index (χ3v) is 4.10. The molecule has 0 aliphatic heterocycles. The molecule has 0 aliphatic carbocycles. The minimum atomic E-state index is -0.989. The number of rotatable bonds is 4. The Hall–Kier alpha value is -1.00. The number of benzene rings is 1. The van der Waals surface area contributed by atoms with Gasteiger partial charge in [0.05, 0.1) is 16.7 Å². The molecule has 0 fully saturated rings. The van der Waals surface area contributed by atoms with Crippen molar-refractivity contribution in [1.82, 2.24) is 5.32 Å². The lowest BCUT2D eigenvalue weighted by molar-refractivity contribution is -0.00298. The molecule has 4 heteroatoms. The maximum atomic E-state index is 12.3. The van der Waals surface area contributed by atoms with E-state index in [0.29, 0.717) is 5.56 Å². The molecular formula is C14H21NO2S. The van der Waals surface area contributed by atoms with Crippen LogP contribution in [0.5, 0.6) is 0 Å². The molecule has 1 aromatic rings. The Morgan fingerprint density at radius 1 is 1.22 bits per heavy atom. The van der Waals surface area contributed by atoms with Crippen molar-refractivity contribution in [3.05, 3.63) is 29.8 Å². The van der Waals surface area contributed by atoms with Gasteiger partial charge in [-0.1, -0.05) is 12.1 Å². The average Bonchev–Trinajstić information content (AvgIpc) is 2.26. The van der Waals surface area contributed by atoms with Gasteiger partial charge in [-0.05, 0) is 46.1 Å². The van der Waals surface area contributed by atoms with Gasteiger partial charge in [-0.3, -0.25) is 4.79 Å². The van der Waals surface area contributed by atoms with Crippen LogP contribution in [0.3, 0.4) is 0 Å². The van der Waals surface area contributed by atoms with E-state index in [1.54, 1.807) is 19.9 Å². The molecule has 1 aromatic carbocycles.